The van der Waals surface area contributed by atoms with E-state index in [1.54, 1.807) is 0 Å². The van der Waals surface area contributed by atoms with Crippen LogP contribution >= 0.6 is 0 Å². The molecule has 1 nitrogen and oxygen atoms in total. The Hall–Kier alpha value is -0.820. The Bertz CT molecular complexity index is 459. The van der Waals surface area contributed by atoms with Gasteiger partial charge < -0.3 is 5.32 Å². The molecule has 0 spiro atoms. The van der Waals surface area contributed by atoms with Crippen molar-refractivity contribution >= 4 is 0 Å². The zero-order chi connectivity index (χ0) is 14.6. The number of hydrogen-bond acceptors (Lipinski definition) is 1. The minimum Gasteiger partial charge on any atom is -0.306 e. The first-order chi connectivity index (χ1) is 8.59. The van der Waals surface area contributed by atoms with Crippen molar-refractivity contribution in [2.75, 3.05) is 0 Å². The van der Waals surface area contributed by atoms with E-state index in [9.17, 15) is 0 Å². The predicted octanol–water partition coefficient (Wildman–Crippen LogP) is 4.70. The average Bonchev–Trinajstić information content (AvgIpc) is 2.59. The third-order valence-corrected chi connectivity index (χ3v) is 5.61. The molecule has 1 aromatic carbocycles. The second-order valence-corrected chi connectivity index (χ2v) is 7.58. The largest absolute Gasteiger partial charge is 0.306 e. The molecule has 1 atom stereocenters. The van der Waals surface area contributed by atoms with Gasteiger partial charge >= 0.3 is 0 Å². The molecule has 1 fully saturated rings. The zero-order valence-electron chi connectivity index (χ0n) is 13.8. The molecule has 0 aromatic heterocycles. The molecule has 0 bridgehead atoms. The van der Waals surface area contributed by atoms with E-state index in [-0.39, 0.29) is 0 Å². The molecule has 0 radical (unpaired) electrons. The minimum absolute atomic E-state index is 0.397. The number of nitrogens with one attached hydrogen (secondary N) is 1. The van der Waals surface area contributed by atoms with Crippen molar-refractivity contribution in [1.29, 1.82) is 0 Å². The van der Waals surface area contributed by atoms with Crippen LogP contribution in [0.4, 0.5) is 0 Å². The maximum absolute atomic E-state index is 3.85. The van der Waals surface area contributed by atoms with Gasteiger partial charge in [0, 0.05) is 12.1 Å². The highest BCUT2D eigenvalue weighted by molar-refractivity contribution is 5.39. The first kappa shape index (κ1) is 14.6. The van der Waals surface area contributed by atoms with Crippen LogP contribution in [0.15, 0.2) is 12.1 Å². The van der Waals surface area contributed by atoms with Crippen LogP contribution in [0.3, 0.4) is 0 Å². The summed E-state index contributed by atoms with van der Waals surface area (Å²) >= 11 is 0. The molecule has 0 aliphatic heterocycles. The van der Waals surface area contributed by atoms with Crippen LogP contribution in [0, 0.1) is 31.6 Å². The molecular weight excluding hydrogens is 230 g/mol. The summed E-state index contributed by atoms with van der Waals surface area (Å²) in [6, 6.07) is 5.62. The summed E-state index contributed by atoms with van der Waals surface area (Å²) in [4.78, 5) is 0. The lowest BCUT2D eigenvalue weighted by molar-refractivity contribution is 0.457. The molecule has 1 aliphatic carbocycles. The SMILES string of the molecule is Cc1cc(C)c(C(C)NC2C(C)(C)C2(C)C)c(C)c1. The van der Waals surface area contributed by atoms with Gasteiger partial charge in [-0.2, -0.15) is 0 Å². The first-order valence-corrected chi connectivity index (χ1v) is 7.43. The van der Waals surface area contributed by atoms with E-state index < -0.39 is 0 Å². The van der Waals surface area contributed by atoms with Gasteiger partial charge in [0.25, 0.3) is 0 Å². The van der Waals surface area contributed by atoms with Crippen LogP contribution in [0.2, 0.25) is 0 Å². The third kappa shape index (κ3) is 2.23. The van der Waals surface area contributed by atoms with Crippen LogP contribution in [-0.2, 0) is 0 Å². The van der Waals surface area contributed by atoms with Crippen LogP contribution in [0.25, 0.3) is 0 Å². The lowest BCUT2D eigenvalue weighted by atomic mass is 9.94. The summed E-state index contributed by atoms with van der Waals surface area (Å²) in [6.45, 7) is 18.4. The van der Waals surface area contributed by atoms with Crippen molar-refractivity contribution in [2.24, 2.45) is 10.8 Å². The summed E-state index contributed by atoms with van der Waals surface area (Å²) in [6.07, 6.45) is 0. The molecule has 19 heavy (non-hydrogen) atoms. The van der Waals surface area contributed by atoms with E-state index in [0.29, 0.717) is 22.9 Å². The van der Waals surface area contributed by atoms with Crippen molar-refractivity contribution in [3.8, 4) is 0 Å². The molecule has 1 aromatic rings. The van der Waals surface area contributed by atoms with Crippen LogP contribution < -0.4 is 5.32 Å². The molecule has 1 aliphatic rings. The fourth-order valence-corrected chi connectivity index (χ4v) is 3.82. The van der Waals surface area contributed by atoms with Crippen LogP contribution in [-0.4, -0.2) is 6.04 Å². The Kier molecular flexibility index (Phi) is 3.33. The van der Waals surface area contributed by atoms with Gasteiger partial charge in [0.1, 0.15) is 0 Å². The van der Waals surface area contributed by atoms with Gasteiger partial charge in [-0.05, 0) is 55.2 Å². The maximum Gasteiger partial charge on any atom is 0.0300 e. The monoisotopic (exact) mass is 259 g/mol. The standard InChI is InChI=1S/C18H29N/c1-11-9-12(2)15(13(3)10-11)14(4)19-16-17(5,6)18(16,7)8/h9-10,14,16,19H,1-8H3. The molecule has 0 heterocycles. The van der Waals surface area contributed by atoms with Gasteiger partial charge in [-0.1, -0.05) is 45.4 Å². The first-order valence-electron chi connectivity index (χ1n) is 7.43. The van der Waals surface area contributed by atoms with E-state index in [1.807, 2.05) is 0 Å². The summed E-state index contributed by atoms with van der Waals surface area (Å²) in [5.74, 6) is 0. The van der Waals surface area contributed by atoms with Crippen LogP contribution in [0.1, 0.15) is 62.9 Å². The quantitative estimate of drug-likeness (QED) is 0.830. The summed E-state index contributed by atoms with van der Waals surface area (Å²) in [7, 11) is 0. The summed E-state index contributed by atoms with van der Waals surface area (Å²) in [5.41, 5.74) is 6.45. The van der Waals surface area contributed by atoms with Gasteiger partial charge in [0.15, 0.2) is 0 Å². The van der Waals surface area contributed by atoms with Gasteiger partial charge in [-0.3, -0.25) is 0 Å². The smallest absolute Gasteiger partial charge is 0.0300 e. The minimum atomic E-state index is 0.397. The molecule has 1 N–H and O–H groups in total. The lowest BCUT2D eigenvalue weighted by Crippen LogP contribution is -2.27. The Morgan fingerprint density at radius 1 is 0.947 bits per heavy atom. The number of rotatable bonds is 3. The van der Waals surface area contributed by atoms with Crippen molar-refractivity contribution in [3.05, 3.63) is 34.4 Å². The fourth-order valence-electron chi connectivity index (χ4n) is 3.82. The van der Waals surface area contributed by atoms with Gasteiger partial charge in [0.2, 0.25) is 0 Å². The molecule has 1 heteroatoms. The highest BCUT2D eigenvalue weighted by Gasteiger charge is 2.64. The summed E-state index contributed by atoms with van der Waals surface area (Å²) in [5, 5.41) is 3.85. The number of aryl methyl sites for hydroxylation is 3. The number of hydrogen-bond donors (Lipinski definition) is 1. The van der Waals surface area contributed by atoms with Crippen LogP contribution in [0.5, 0.6) is 0 Å². The Balaban J connectivity index is 2.21. The van der Waals surface area contributed by atoms with Crippen molar-refractivity contribution in [2.45, 2.75) is 67.5 Å². The normalized spacial score (nSPS) is 22.3. The van der Waals surface area contributed by atoms with Gasteiger partial charge in [-0.25, -0.2) is 0 Å². The lowest BCUT2D eigenvalue weighted by Gasteiger charge is -2.21. The van der Waals surface area contributed by atoms with E-state index in [0.717, 1.165) is 0 Å². The molecular formula is C18H29N. The second-order valence-electron chi connectivity index (χ2n) is 7.58. The molecule has 1 saturated carbocycles. The van der Waals surface area contributed by atoms with E-state index in [4.69, 9.17) is 0 Å². The second kappa shape index (κ2) is 4.34. The summed E-state index contributed by atoms with van der Waals surface area (Å²) < 4.78 is 0. The van der Waals surface area contributed by atoms with Gasteiger partial charge in [0.05, 0.1) is 0 Å². The third-order valence-electron chi connectivity index (χ3n) is 5.61. The topological polar surface area (TPSA) is 12.0 Å². The predicted molar refractivity (Wildman–Crippen MR) is 83.6 cm³/mol. The van der Waals surface area contributed by atoms with E-state index in [1.165, 1.54) is 22.3 Å². The van der Waals surface area contributed by atoms with Crippen molar-refractivity contribution < 1.29 is 0 Å². The van der Waals surface area contributed by atoms with Gasteiger partial charge in [-0.15, -0.1) is 0 Å². The van der Waals surface area contributed by atoms with E-state index >= 15 is 0 Å². The number of benzene rings is 1. The molecule has 0 amide bonds. The molecule has 106 valence electrons. The van der Waals surface area contributed by atoms with E-state index in [2.05, 4.69) is 72.8 Å². The molecule has 1 unspecified atom stereocenters. The van der Waals surface area contributed by atoms with Crippen molar-refractivity contribution in [1.82, 2.24) is 5.32 Å². The highest BCUT2D eigenvalue weighted by Crippen LogP contribution is 2.63. The Morgan fingerprint density at radius 3 is 1.74 bits per heavy atom. The zero-order valence-corrected chi connectivity index (χ0v) is 13.8. The Morgan fingerprint density at radius 2 is 1.37 bits per heavy atom. The fraction of sp³-hybridized carbons (Fsp3) is 0.667. The maximum atomic E-state index is 3.85. The van der Waals surface area contributed by atoms with Crippen molar-refractivity contribution in [3.63, 3.8) is 0 Å². The average molecular weight is 259 g/mol. The Labute approximate surface area is 118 Å². The molecule has 2 rings (SSSR count). The molecule has 0 saturated heterocycles. The highest BCUT2D eigenvalue weighted by atomic mass is 15.1.